The molecule has 0 bridgehead atoms. The molecule has 5 heteroatoms. The van der Waals surface area contributed by atoms with E-state index < -0.39 is 5.60 Å². The lowest BCUT2D eigenvalue weighted by atomic mass is 10.0. The van der Waals surface area contributed by atoms with E-state index >= 15 is 0 Å². The van der Waals surface area contributed by atoms with Crippen molar-refractivity contribution in [3.63, 3.8) is 0 Å². The van der Waals surface area contributed by atoms with E-state index in [4.69, 9.17) is 10.5 Å². The highest BCUT2D eigenvalue weighted by atomic mass is 32.2. The number of fused-ring (bicyclic) bond motifs is 1. The minimum Gasteiger partial charge on any atom is -0.444 e. The maximum absolute atomic E-state index is 12.2. The highest BCUT2D eigenvalue weighted by Gasteiger charge is 2.24. The second-order valence-electron chi connectivity index (χ2n) is 6.56. The van der Waals surface area contributed by atoms with Gasteiger partial charge in [0.05, 0.1) is 0 Å². The molecular formula is C17H26N2O2S. The summed E-state index contributed by atoms with van der Waals surface area (Å²) in [6, 6.07) is 4.27. The molecule has 1 aromatic rings. The van der Waals surface area contributed by atoms with Crippen LogP contribution in [0.2, 0.25) is 0 Å². The molecule has 0 saturated heterocycles. The Morgan fingerprint density at radius 2 is 1.86 bits per heavy atom. The Bertz CT molecular complexity index is 552. The van der Waals surface area contributed by atoms with Gasteiger partial charge in [0, 0.05) is 23.7 Å². The summed E-state index contributed by atoms with van der Waals surface area (Å²) in [7, 11) is 0. The Morgan fingerprint density at radius 1 is 1.27 bits per heavy atom. The first-order valence-corrected chi connectivity index (χ1v) is 8.80. The maximum atomic E-state index is 12.2. The minimum absolute atomic E-state index is 0.226. The van der Waals surface area contributed by atoms with E-state index in [1.165, 1.54) is 11.1 Å². The largest absolute Gasteiger partial charge is 0.444 e. The van der Waals surface area contributed by atoms with Crippen LogP contribution in [0.25, 0.3) is 0 Å². The van der Waals surface area contributed by atoms with E-state index in [0.717, 1.165) is 29.2 Å². The molecule has 4 nitrogen and oxygen atoms in total. The van der Waals surface area contributed by atoms with Gasteiger partial charge in [0.25, 0.3) is 0 Å². The molecule has 0 aliphatic carbocycles. The Labute approximate surface area is 137 Å². The average Bonchev–Trinajstić information content (AvgIpc) is 2.60. The molecule has 0 unspecified atom stereocenters. The quantitative estimate of drug-likeness (QED) is 0.666. The van der Waals surface area contributed by atoms with E-state index in [0.29, 0.717) is 13.1 Å². The monoisotopic (exact) mass is 322 g/mol. The number of nitrogens with two attached hydrogens (primary N) is 1. The fourth-order valence-corrected chi connectivity index (χ4v) is 3.33. The topological polar surface area (TPSA) is 55.6 Å². The van der Waals surface area contributed by atoms with Gasteiger partial charge in [-0.15, -0.1) is 11.8 Å². The fraction of sp³-hybridized carbons (Fsp3) is 0.588. The molecule has 122 valence electrons. The van der Waals surface area contributed by atoms with Crippen LogP contribution in [0.3, 0.4) is 0 Å². The fourth-order valence-electron chi connectivity index (χ4n) is 2.56. The molecule has 0 saturated carbocycles. The van der Waals surface area contributed by atoms with Gasteiger partial charge in [-0.1, -0.05) is 6.92 Å². The normalized spacial score (nSPS) is 15.2. The maximum Gasteiger partial charge on any atom is 0.410 e. The summed E-state index contributed by atoms with van der Waals surface area (Å²) < 4.78 is 5.48. The summed E-state index contributed by atoms with van der Waals surface area (Å²) in [4.78, 5) is 15.2. The summed E-state index contributed by atoms with van der Waals surface area (Å²) in [5.41, 5.74) is 9.08. The third kappa shape index (κ3) is 4.32. The van der Waals surface area contributed by atoms with Gasteiger partial charge in [0.1, 0.15) is 5.60 Å². The number of carbonyl (C=O) groups is 1. The third-order valence-electron chi connectivity index (χ3n) is 3.59. The molecule has 1 amide bonds. The second kappa shape index (κ2) is 6.82. The first kappa shape index (κ1) is 17.0. The van der Waals surface area contributed by atoms with E-state index in [-0.39, 0.29) is 6.09 Å². The third-order valence-corrected chi connectivity index (χ3v) is 4.54. The van der Waals surface area contributed by atoms with E-state index in [1.807, 2.05) is 20.8 Å². The first-order chi connectivity index (χ1) is 10.3. The van der Waals surface area contributed by atoms with Crippen LogP contribution in [-0.4, -0.2) is 35.4 Å². The van der Waals surface area contributed by atoms with E-state index in [9.17, 15) is 4.79 Å². The van der Waals surface area contributed by atoms with E-state index in [1.54, 1.807) is 16.7 Å². The highest BCUT2D eigenvalue weighted by molar-refractivity contribution is 7.99. The summed E-state index contributed by atoms with van der Waals surface area (Å²) in [6.07, 6.45) is 1.46. The van der Waals surface area contributed by atoms with Gasteiger partial charge < -0.3 is 15.4 Å². The zero-order valence-corrected chi connectivity index (χ0v) is 14.8. The number of ether oxygens (including phenoxy) is 1. The number of nitrogen functional groups attached to an aromatic ring is 1. The van der Waals surface area contributed by atoms with Crippen molar-refractivity contribution in [3.8, 4) is 0 Å². The van der Waals surface area contributed by atoms with Crippen LogP contribution in [0.15, 0.2) is 17.0 Å². The predicted molar refractivity (Wildman–Crippen MR) is 92.5 cm³/mol. The number of nitrogens with zero attached hydrogens (tertiary/aromatic N) is 1. The van der Waals surface area contributed by atoms with Crippen molar-refractivity contribution in [2.75, 3.05) is 24.6 Å². The molecule has 2 rings (SSSR count). The van der Waals surface area contributed by atoms with E-state index in [2.05, 4.69) is 19.1 Å². The standard InChI is InChI=1S/C17H26N2O2S/c1-5-22-15-11-13-7-9-19(16(20)21-17(2,3)4)8-6-12(13)10-14(15)18/h10-11H,5-9,18H2,1-4H3. The van der Waals surface area contributed by atoms with Gasteiger partial charge >= 0.3 is 6.09 Å². The van der Waals surface area contributed by atoms with Crippen molar-refractivity contribution in [1.29, 1.82) is 0 Å². The Kier molecular flexibility index (Phi) is 5.27. The van der Waals surface area contributed by atoms with Crippen molar-refractivity contribution in [3.05, 3.63) is 23.3 Å². The lowest BCUT2D eigenvalue weighted by Gasteiger charge is -2.26. The number of carbonyl (C=O) groups excluding carboxylic acids is 1. The summed E-state index contributed by atoms with van der Waals surface area (Å²) in [5, 5.41) is 0. The number of anilines is 1. The predicted octanol–water partition coefficient (Wildman–Crippen LogP) is 3.72. The van der Waals surface area contributed by atoms with Crippen molar-refractivity contribution < 1.29 is 9.53 Å². The van der Waals surface area contributed by atoms with Gasteiger partial charge in [0.2, 0.25) is 0 Å². The van der Waals surface area contributed by atoms with Gasteiger partial charge in [-0.2, -0.15) is 0 Å². The summed E-state index contributed by atoms with van der Waals surface area (Å²) in [6.45, 7) is 9.19. The number of amides is 1. The number of rotatable bonds is 2. The highest BCUT2D eigenvalue weighted by Crippen LogP contribution is 2.30. The van der Waals surface area contributed by atoms with Crippen molar-refractivity contribution in [1.82, 2.24) is 4.90 Å². The SMILES string of the molecule is CCSc1cc2c(cc1N)CCN(C(=O)OC(C)(C)C)CC2. The van der Waals surface area contributed by atoms with Gasteiger partial charge in [-0.05, 0) is 62.6 Å². The molecule has 0 fully saturated rings. The molecular weight excluding hydrogens is 296 g/mol. The van der Waals surface area contributed by atoms with Gasteiger partial charge in [-0.25, -0.2) is 4.79 Å². The lowest BCUT2D eigenvalue weighted by Crippen LogP contribution is -2.38. The van der Waals surface area contributed by atoms with Crippen LogP contribution >= 0.6 is 11.8 Å². The van der Waals surface area contributed by atoms with Crippen molar-refractivity contribution in [2.24, 2.45) is 0 Å². The summed E-state index contributed by atoms with van der Waals surface area (Å²) in [5.74, 6) is 1.01. The Hall–Kier alpha value is -1.36. The molecule has 1 aliphatic heterocycles. The minimum atomic E-state index is -0.453. The number of thioether (sulfide) groups is 1. The molecule has 1 heterocycles. The number of hydrogen-bond donors (Lipinski definition) is 1. The van der Waals surface area contributed by atoms with Crippen LogP contribution in [0.4, 0.5) is 10.5 Å². The molecule has 2 N–H and O–H groups in total. The Balaban J connectivity index is 2.11. The van der Waals surface area contributed by atoms with Crippen LogP contribution < -0.4 is 5.73 Å². The van der Waals surface area contributed by atoms with Gasteiger partial charge in [-0.3, -0.25) is 0 Å². The van der Waals surface area contributed by atoms with Crippen LogP contribution in [-0.2, 0) is 17.6 Å². The number of hydrogen-bond acceptors (Lipinski definition) is 4. The van der Waals surface area contributed by atoms with Crippen molar-refractivity contribution >= 4 is 23.5 Å². The number of benzene rings is 1. The smallest absolute Gasteiger partial charge is 0.410 e. The van der Waals surface area contributed by atoms with Gasteiger partial charge in [0.15, 0.2) is 0 Å². The average molecular weight is 322 g/mol. The second-order valence-corrected chi connectivity index (χ2v) is 7.86. The molecule has 0 atom stereocenters. The molecule has 1 aliphatic rings. The first-order valence-electron chi connectivity index (χ1n) is 7.82. The zero-order chi connectivity index (χ0) is 16.3. The van der Waals surface area contributed by atoms with Crippen LogP contribution in [0.5, 0.6) is 0 Å². The molecule has 0 aromatic heterocycles. The van der Waals surface area contributed by atoms with Crippen molar-refractivity contribution in [2.45, 2.75) is 51.0 Å². The zero-order valence-electron chi connectivity index (χ0n) is 13.9. The molecule has 0 spiro atoms. The Morgan fingerprint density at radius 3 is 2.41 bits per heavy atom. The molecule has 22 heavy (non-hydrogen) atoms. The molecule has 1 aromatic carbocycles. The lowest BCUT2D eigenvalue weighted by molar-refractivity contribution is 0.0258. The van der Waals surface area contributed by atoms with Crippen LogP contribution in [0, 0.1) is 0 Å². The summed E-state index contributed by atoms with van der Waals surface area (Å²) >= 11 is 1.77. The molecule has 0 radical (unpaired) electrons. The van der Waals surface area contributed by atoms with Crippen LogP contribution in [0.1, 0.15) is 38.8 Å².